The third kappa shape index (κ3) is 4.85. The minimum Gasteiger partial charge on any atom is -0.456 e. The molecule has 5 nitrogen and oxygen atoms in total. The molecule has 0 N–H and O–H groups in total. The molecule has 0 unspecified atom stereocenters. The molecule has 0 bridgehead atoms. The van der Waals surface area contributed by atoms with Gasteiger partial charge in [-0.25, -0.2) is 9.59 Å². The Morgan fingerprint density at radius 3 is 1.69 bits per heavy atom. The summed E-state index contributed by atoms with van der Waals surface area (Å²) in [6, 6.07) is 17.7. The van der Waals surface area contributed by atoms with Crippen molar-refractivity contribution < 1.29 is 23.8 Å². The van der Waals surface area contributed by atoms with Gasteiger partial charge in [0, 0.05) is 5.92 Å². The number of hydrogen-bond donors (Lipinski definition) is 0. The maximum atomic E-state index is 12.7. The van der Waals surface area contributed by atoms with Crippen LogP contribution in [0.1, 0.15) is 48.4 Å². The lowest BCUT2D eigenvalue weighted by Crippen LogP contribution is -2.56. The molecular weight excluding hydrogens is 368 g/mol. The van der Waals surface area contributed by atoms with Crippen LogP contribution in [-0.4, -0.2) is 36.4 Å². The first kappa shape index (κ1) is 21.1. The fraction of sp³-hybridized carbons (Fsp3) is 0.417. The number of carbonyl (C=O) groups is 2. The monoisotopic (exact) mass is 396 g/mol. The summed E-state index contributed by atoms with van der Waals surface area (Å²) in [7, 11) is 0. The second kappa shape index (κ2) is 9.23. The molecule has 0 saturated carbocycles. The normalized spacial score (nSPS) is 26.7. The van der Waals surface area contributed by atoms with Gasteiger partial charge in [0.25, 0.3) is 0 Å². The fourth-order valence-corrected chi connectivity index (χ4v) is 3.76. The van der Waals surface area contributed by atoms with Gasteiger partial charge in [0.15, 0.2) is 0 Å². The van der Waals surface area contributed by atoms with Crippen LogP contribution in [0.2, 0.25) is 0 Å². The minimum atomic E-state index is -0.522. The van der Waals surface area contributed by atoms with E-state index in [0.717, 1.165) is 0 Å². The Morgan fingerprint density at radius 1 is 0.793 bits per heavy atom. The van der Waals surface area contributed by atoms with Crippen LogP contribution in [0.4, 0.5) is 0 Å². The maximum absolute atomic E-state index is 12.7. The average molecular weight is 396 g/mol. The van der Waals surface area contributed by atoms with E-state index in [1.54, 1.807) is 48.5 Å². The molecule has 0 radical (unpaired) electrons. The Kier molecular flexibility index (Phi) is 6.70. The summed E-state index contributed by atoms with van der Waals surface area (Å²) < 4.78 is 17.8. The number of carbonyl (C=O) groups excluding carboxylic acids is 2. The smallest absolute Gasteiger partial charge is 0.338 e. The van der Waals surface area contributed by atoms with Crippen molar-refractivity contribution in [3.05, 3.63) is 71.8 Å². The van der Waals surface area contributed by atoms with Crippen molar-refractivity contribution in [2.75, 3.05) is 0 Å². The van der Waals surface area contributed by atoms with Crippen LogP contribution < -0.4 is 0 Å². The van der Waals surface area contributed by atoms with Gasteiger partial charge in [-0.1, -0.05) is 57.2 Å². The second-order valence-corrected chi connectivity index (χ2v) is 7.88. The van der Waals surface area contributed by atoms with E-state index in [1.807, 2.05) is 39.8 Å². The first-order valence-electron chi connectivity index (χ1n) is 10.1. The van der Waals surface area contributed by atoms with E-state index in [2.05, 4.69) is 0 Å². The molecule has 0 amide bonds. The lowest BCUT2D eigenvalue weighted by atomic mass is 9.83. The molecule has 0 spiro atoms. The van der Waals surface area contributed by atoms with Crippen molar-refractivity contribution in [1.29, 1.82) is 0 Å². The van der Waals surface area contributed by atoms with Crippen molar-refractivity contribution in [2.45, 2.75) is 52.1 Å². The Hall–Kier alpha value is -2.66. The molecule has 2 aromatic carbocycles. The zero-order valence-corrected chi connectivity index (χ0v) is 17.3. The molecule has 0 aliphatic carbocycles. The Bertz CT molecular complexity index is 818. The SMILES string of the molecule is CC(C)[C@@H]1O[C@H](C)[C@@H](OC(=O)c2ccccc2)[C@H](C)[C@H]1OC(=O)c1ccccc1. The van der Waals surface area contributed by atoms with E-state index in [9.17, 15) is 9.59 Å². The third-order valence-electron chi connectivity index (χ3n) is 5.36. The molecular formula is C24H28O5. The van der Waals surface area contributed by atoms with Gasteiger partial charge in [0.2, 0.25) is 0 Å². The Balaban J connectivity index is 1.79. The van der Waals surface area contributed by atoms with E-state index in [0.29, 0.717) is 11.1 Å². The highest BCUT2D eigenvalue weighted by Gasteiger charge is 2.47. The second-order valence-electron chi connectivity index (χ2n) is 7.88. The summed E-state index contributed by atoms with van der Waals surface area (Å²) in [5.74, 6) is -0.890. The number of hydrogen-bond acceptors (Lipinski definition) is 5. The quantitative estimate of drug-likeness (QED) is 0.696. The molecule has 3 rings (SSSR count). The van der Waals surface area contributed by atoms with Crippen molar-refractivity contribution in [2.24, 2.45) is 11.8 Å². The summed E-state index contributed by atoms with van der Waals surface area (Å²) in [5.41, 5.74) is 0.967. The number of rotatable bonds is 5. The molecule has 5 heteroatoms. The Morgan fingerprint density at radius 2 is 1.24 bits per heavy atom. The number of esters is 2. The van der Waals surface area contributed by atoms with Gasteiger partial charge >= 0.3 is 11.9 Å². The summed E-state index contributed by atoms with van der Waals surface area (Å²) >= 11 is 0. The van der Waals surface area contributed by atoms with Gasteiger partial charge in [-0.3, -0.25) is 0 Å². The van der Waals surface area contributed by atoms with Crippen LogP contribution in [0.3, 0.4) is 0 Å². The van der Waals surface area contributed by atoms with Crippen molar-refractivity contribution in [1.82, 2.24) is 0 Å². The van der Waals surface area contributed by atoms with E-state index >= 15 is 0 Å². The first-order chi connectivity index (χ1) is 13.9. The topological polar surface area (TPSA) is 61.8 Å². The molecule has 2 aromatic rings. The molecule has 1 heterocycles. The predicted molar refractivity (Wildman–Crippen MR) is 110 cm³/mol. The highest BCUT2D eigenvalue weighted by molar-refractivity contribution is 5.90. The van der Waals surface area contributed by atoms with E-state index in [1.165, 1.54) is 0 Å². The molecule has 1 fully saturated rings. The molecule has 5 atom stereocenters. The van der Waals surface area contributed by atoms with Gasteiger partial charge in [-0.15, -0.1) is 0 Å². The summed E-state index contributed by atoms with van der Waals surface area (Å²) in [6.07, 6.45) is -1.63. The standard InChI is InChI=1S/C24H28O5/c1-15(2)20-22(29-24(26)19-13-9-6-10-14-19)16(3)21(17(4)27-20)28-23(25)18-11-7-5-8-12-18/h5-17,20-22H,1-4H3/t16-,17+,20-,21-,22+/m0/s1. The van der Waals surface area contributed by atoms with Gasteiger partial charge in [0.05, 0.1) is 23.3 Å². The highest BCUT2D eigenvalue weighted by atomic mass is 16.6. The highest BCUT2D eigenvalue weighted by Crippen LogP contribution is 2.34. The van der Waals surface area contributed by atoms with E-state index in [-0.39, 0.29) is 24.0 Å². The van der Waals surface area contributed by atoms with Crippen molar-refractivity contribution in [3.8, 4) is 0 Å². The van der Waals surface area contributed by atoms with Gasteiger partial charge < -0.3 is 14.2 Å². The zero-order chi connectivity index (χ0) is 21.0. The first-order valence-corrected chi connectivity index (χ1v) is 10.1. The number of ether oxygens (including phenoxy) is 3. The lowest BCUT2D eigenvalue weighted by molar-refractivity contribution is -0.203. The maximum Gasteiger partial charge on any atom is 0.338 e. The lowest BCUT2D eigenvalue weighted by Gasteiger charge is -2.45. The van der Waals surface area contributed by atoms with Gasteiger partial charge in [-0.2, -0.15) is 0 Å². The van der Waals surface area contributed by atoms with Crippen molar-refractivity contribution in [3.63, 3.8) is 0 Å². The summed E-state index contributed by atoms with van der Waals surface area (Å²) in [5, 5.41) is 0. The van der Waals surface area contributed by atoms with Crippen LogP contribution in [0.15, 0.2) is 60.7 Å². The van der Waals surface area contributed by atoms with Crippen LogP contribution in [0.5, 0.6) is 0 Å². The molecule has 0 aromatic heterocycles. The van der Waals surface area contributed by atoms with Crippen molar-refractivity contribution >= 4 is 11.9 Å². The van der Waals surface area contributed by atoms with Crippen LogP contribution >= 0.6 is 0 Å². The third-order valence-corrected chi connectivity index (χ3v) is 5.36. The Labute approximate surface area is 172 Å². The minimum absolute atomic E-state index is 0.138. The van der Waals surface area contributed by atoms with Crippen LogP contribution in [0.25, 0.3) is 0 Å². The van der Waals surface area contributed by atoms with Crippen LogP contribution in [0, 0.1) is 11.8 Å². The predicted octanol–water partition coefficient (Wildman–Crippen LogP) is 4.52. The fourth-order valence-electron chi connectivity index (χ4n) is 3.76. The number of benzene rings is 2. The summed E-state index contributed by atoms with van der Waals surface area (Å²) in [4.78, 5) is 25.3. The van der Waals surface area contributed by atoms with E-state index < -0.39 is 24.1 Å². The largest absolute Gasteiger partial charge is 0.456 e. The van der Waals surface area contributed by atoms with Crippen LogP contribution in [-0.2, 0) is 14.2 Å². The van der Waals surface area contributed by atoms with Gasteiger partial charge in [-0.05, 0) is 37.1 Å². The molecule has 1 aliphatic heterocycles. The van der Waals surface area contributed by atoms with Gasteiger partial charge in [0.1, 0.15) is 12.2 Å². The molecule has 1 saturated heterocycles. The molecule has 1 aliphatic rings. The average Bonchev–Trinajstić information content (AvgIpc) is 2.73. The molecule has 154 valence electrons. The molecule has 29 heavy (non-hydrogen) atoms. The summed E-state index contributed by atoms with van der Waals surface area (Å²) in [6.45, 7) is 7.90. The zero-order valence-electron chi connectivity index (χ0n) is 17.3. The van der Waals surface area contributed by atoms with E-state index in [4.69, 9.17) is 14.2 Å².